The summed E-state index contributed by atoms with van der Waals surface area (Å²) in [5, 5.41) is 0. The van der Waals surface area contributed by atoms with Crippen molar-refractivity contribution in [3.63, 3.8) is 0 Å². The first-order chi connectivity index (χ1) is 4.55. The van der Waals surface area contributed by atoms with E-state index in [0.29, 0.717) is 5.41 Å². The van der Waals surface area contributed by atoms with Gasteiger partial charge in [0.05, 0.1) is 13.2 Å². The van der Waals surface area contributed by atoms with Crippen LogP contribution in [0.1, 0.15) is 27.7 Å². The van der Waals surface area contributed by atoms with Gasteiger partial charge in [0.15, 0.2) is 0 Å². The third-order valence-corrected chi connectivity index (χ3v) is 3.18. The summed E-state index contributed by atoms with van der Waals surface area (Å²) in [6.07, 6.45) is 0. The molecule has 0 aromatic carbocycles. The van der Waals surface area contributed by atoms with Crippen LogP contribution in [0.3, 0.4) is 0 Å². The Morgan fingerprint density at radius 1 is 1.30 bits per heavy atom. The molecular formula is C9H18O. The van der Waals surface area contributed by atoms with Crippen molar-refractivity contribution >= 4 is 0 Å². The largest absolute Gasteiger partial charge is 0.381 e. The molecule has 10 heavy (non-hydrogen) atoms. The van der Waals surface area contributed by atoms with Gasteiger partial charge in [0.1, 0.15) is 0 Å². The molecule has 0 spiro atoms. The molecule has 0 aromatic heterocycles. The third kappa shape index (κ3) is 1.20. The molecule has 0 aromatic rings. The van der Waals surface area contributed by atoms with E-state index in [9.17, 15) is 0 Å². The van der Waals surface area contributed by atoms with Crippen LogP contribution < -0.4 is 0 Å². The van der Waals surface area contributed by atoms with Crippen molar-refractivity contribution in [1.82, 2.24) is 0 Å². The predicted octanol–water partition coefficient (Wildman–Crippen LogP) is 2.32. The number of hydrogen-bond donors (Lipinski definition) is 0. The van der Waals surface area contributed by atoms with E-state index in [1.165, 1.54) is 0 Å². The van der Waals surface area contributed by atoms with Crippen LogP contribution in [0, 0.1) is 17.3 Å². The molecule has 0 bridgehead atoms. The van der Waals surface area contributed by atoms with Crippen molar-refractivity contribution in [3.8, 4) is 0 Å². The quantitative estimate of drug-likeness (QED) is 0.575. The number of hydrogen-bond acceptors (Lipinski definition) is 1. The molecule has 1 saturated heterocycles. The van der Waals surface area contributed by atoms with Gasteiger partial charge in [-0.1, -0.05) is 27.7 Å². The van der Waals surface area contributed by atoms with Gasteiger partial charge in [-0.2, -0.15) is 0 Å². The van der Waals surface area contributed by atoms with Crippen LogP contribution in [0.15, 0.2) is 0 Å². The number of ether oxygens (including phenoxy) is 1. The van der Waals surface area contributed by atoms with Crippen molar-refractivity contribution in [2.75, 3.05) is 13.2 Å². The monoisotopic (exact) mass is 142 g/mol. The minimum absolute atomic E-state index is 0.470. The van der Waals surface area contributed by atoms with E-state index < -0.39 is 0 Å². The molecule has 0 radical (unpaired) electrons. The van der Waals surface area contributed by atoms with Gasteiger partial charge in [0, 0.05) is 5.92 Å². The lowest BCUT2D eigenvalue weighted by molar-refractivity contribution is -0.102. The second-order valence-corrected chi connectivity index (χ2v) is 4.21. The van der Waals surface area contributed by atoms with Gasteiger partial charge < -0.3 is 4.74 Å². The molecule has 0 atom stereocenters. The first kappa shape index (κ1) is 8.06. The Bertz CT molecular complexity index is 112. The maximum atomic E-state index is 5.17. The normalized spacial score (nSPS) is 21.3. The zero-order valence-electron chi connectivity index (χ0n) is 7.48. The fraction of sp³-hybridized carbons (Fsp3) is 1.00. The second kappa shape index (κ2) is 2.54. The average molecular weight is 142 g/mol. The molecule has 60 valence electrons. The van der Waals surface area contributed by atoms with E-state index in [4.69, 9.17) is 4.74 Å². The van der Waals surface area contributed by atoms with Crippen molar-refractivity contribution < 1.29 is 4.74 Å². The van der Waals surface area contributed by atoms with E-state index in [-0.39, 0.29) is 0 Å². The van der Waals surface area contributed by atoms with Crippen LogP contribution >= 0.6 is 0 Å². The third-order valence-electron chi connectivity index (χ3n) is 3.18. The Balaban J connectivity index is 2.48. The summed E-state index contributed by atoms with van der Waals surface area (Å²) in [6, 6.07) is 0. The highest BCUT2D eigenvalue weighted by molar-refractivity contribution is 4.84. The van der Waals surface area contributed by atoms with Gasteiger partial charge in [-0.3, -0.25) is 0 Å². The van der Waals surface area contributed by atoms with Crippen LogP contribution in [0.4, 0.5) is 0 Å². The predicted molar refractivity (Wildman–Crippen MR) is 42.9 cm³/mol. The van der Waals surface area contributed by atoms with E-state index in [2.05, 4.69) is 27.7 Å². The summed E-state index contributed by atoms with van der Waals surface area (Å²) in [4.78, 5) is 0. The maximum absolute atomic E-state index is 5.17. The molecule has 1 fully saturated rings. The second-order valence-electron chi connectivity index (χ2n) is 4.21. The van der Waals surface area contributed by atoms with Crippen molar-refractivity contribution in [2.45, 2.75) is 27.7 Å². The molecule has 1 rings (SSSR count). The van der Waals surface area contributed by atoms with Gasteiger partial charge in [-0.15, -0.1) is 0 Å². The zero-order chi connectivity index (χ0) is 7.78. The van der Waals surface area contributed by atoms with Crippen molar-refractivity contribution in [2.24, 2.45) is 17.3 Å². The highest BCUT2D eigenvalue weighted by atomic mass is 16.5. The van der Waals surface area contributed by atoms with Crippen molar-refractivity contribution in [3.05, 3.63) is 0 Å². The smallest absolute Gasteiger partial charge is 0.0521 e. The Morgan fingerprint density at radius 2 is 1.80 bits per heavy atom. The van der Waals surface area contributed by atoms with Crippen LogP contribution in [-0.2, 0) is 4.74 Å². The number of rotatable bonds is 2. The molecule has 0 N–H and O–H groups in total. The zero-order valence-corrected chi connectivity index (χ0v) is 7.48. The van der Waals surface area contributed by atoms with Gasteiger partial charge in [-0.05, 0) is 11.3 Å². The van der Waals surface area contributed by atoms with Crippen LogP contribution in [-0.4, -0.2) is 13.2 Å². The van der Waals surface area contributed by atoms with E-state index >= 15 is 0 Å². The summed E-state index contributed by atoms with van der Waals surface area (Å²) >= 11 is 0. The highest BCUT2D eigenvalue weighted by Gasteiger charge is 2.37. The average Bonchev–Trinajstić information content (AvgIpc) is 1.57. The topological polar surface area (TPSA) is 9.23 Å². The Kier molecular flexibility index (Phi) is 2.04. The minimum atomic E-state index is 0.470. The molecule has 1 aliphatic heterocycles. The maximum Gasteiger partial charge on any atom is 0.0521 e. The lowest BCUT2D eigenvalue weighted by atomic mass is 9.70. The van der Waals surface area contributed by atoms with Gasteiger partial charge >= 0.3 is 0 Å². The summed E-state index contributed by atoms with van der Waals surface area (Å²) in [5.41, 5.74) is 0.470. The summed E-state index contributed by atoms with van der Waals surface area (Å²) in [7, 11) is 0. The Labute approximate surface area is 63.8 Å². The molecule has 1 heteroatoms. The Hall–Kier alpha value is -0.0400. The molecular weight excluding hydrogens is 124 g/mol. The van der Waals surface area contributed by atoms with Crippen LogP contribution in [0.2, 0.25) is 0 Å². The lowest BCUT2D eigenvalue weighted by Gasteiger charge is -2.42. The van der Waals surface area contributed by atoms with E-state index in [1.54, 1.807) is 0 Å². The summed E-state index contributed by atoms with van der Waals surface area (Å²) < 4.78 is 5.17. The first-order valence-corrected chi connectivity index (χ1v) is 4.13. The first-order valence-electron chi connectivity index (χ1n) is 4.13. The summed E-state index contributed by atoms with van der Waals surface area (Å²) in [6.45, 7) is 11.2. The molecule has 0 unspecified atom stereocenters. The fourth-order valence-corrected chi connectivity index (χ4v) is 1.14. The SMILES string of the molecule is CC(C)C(C)(C)C1COC1. The lowest BCUT2D eigenvalue weighted by Crippen LogP contribution is -2.42. The molecule has 1 nitrogen and oxygen atoms in total. The molecule has 0 saturated carbocycles. The van der Waals surface area contributed by atoms with Crippen LogP contribution in [0.25, 0.3) is 0 Å². The summed E-state index contributed by atoms with van der Waals surface area (Å²) in [5.74, 6) is 1.56. The van der Waals surface area contributed by atoms with Crippen molar-refractivity contribution in [1.29, 1.82) is 0 Å². The fourth-order valence-electron chi connectivity index (χ4n) is 1.14. The van der Waals surface area contributed by atoms with Crippen LogP contribution in [0.5, 0.6) is 0 Å². The minimum Gasteiger partial charge on any atom is -0.381 e. The van der Waals surface area contributed by atoms with E-state index in [1.807, 2.05) is 0 Å². The molecule has 1 heterocycles. The van der Waals surface area contributed by atoms with Gasteiger partial charge in [0.2, 0.25) is 0 Å². The Morgan fingerprint density at radius 3 is 1.90 bits per heavy atom. The van der Waals surface area contributed by atoms with Gasteiger partial charge in [-0.25, -0.2) is 0 Å². The molecule has 0 aliphatic carbocycles. The highest BCUT2D eigenvalue weighted by Crippen LogP contribution is 2.38. The van der Waals surface area contributed by atoms with Gasteiger partial charge in [0.25, 0.3) is 0 Å². The molecule has 0 amide bonds. The molecule has 1 aliphatic rings. The standard InChI is InChI=1S/C9H18O/c1-7(2)9(3,4)8-5-10-6-8/h7-8H,5-6H2,1-4H3. The van der Waals surface area contributed by atoms with E-state index in [0.717, 1.165) is 25.0 Å².